The van der Waals surface area contributed by atoms with Crippen molar-refractivity contribution in [2.75, 3.05) is 25.2 Å². The normalized spacial score (nSPS) is 18.4. The van der Waals surface area contributed by atoms with Crippen molar-refractivity contribution < 1.29 is 9.53 Å². The van der Waals surface area contributed by atoms with E-state index in [-0.39, 0.29) is 6.04 Å². The minimum absolute atomic E-state index is 0.165. The van der Waals surface area contributed by atoms with Crippen LogP contribution in [0.25, 0.3) is 0 Å². The molecule has 112 valence electrons. The maximum atomic E-state index is 11.8. The van der Waals surface area contributed by atoms with E-state index >= 15 is 0 Å². The molecule has 7 heteroatoms. The van der Waals surface area contributed by atoms with Gasteiger partial charge >= 0.3 is 5.97 Å². The molecule has 0 aliphatic carbocycles. The molecule has 0 amide bonds. The third-order valence-corrected chi connectivity index (χ3v) is 4.39. The van der Waals surface area contributed by atoms with E-state index in [1.807, 2.05) is 16.4 Å². The molecule has 1 aliphatic rings. The fraction of sp³-hybridized carbons (Fsp3) is 0.769. The maximum absolute atomic E-state index is 11.8. The van der Waals surface area contributed by atoms with Gasteiger partial charge in [0, 0.05) is 6.54 Å². The highest BCUT2D eigenvalue weighted by Gasteiger charge is 2.28. The van der Waals surface area contributed by atoms with Gasteiger partial charge in [0.2, 0.25) is 0 Å². The molecule has 6 nitrogen and oxygen atoms in total. The SMILES string of the molecule is CCSCCCn1nnc(C(=O)OC)c1C1CCCN1. The van der Waals surface area contributed by atoms with Crippen LogP contribution in [0.15, 0.2) is 0 Å². The highest BCUT2D eigenvalue weighted by molar-refractivity contribution is 7.99. The van der Waals surface area contributed by atoms with Crippen LogP contribution < -0.4 is 5.32 Å². The fourth-order valence-electron chi connectivity index (χ4n) is 2.45. The van der Waals surface area contributed by atoms with E-state index < -0.39 is 5.97 Å². The van der Waals surface area contributed by atoms with Gasteiger partial charge in [-0.1, -0.05) is 12.1 Å². The lowest BCUT2D eigenvalue weighted by atomic mass is 10.1. The Hall–Kier alpha value is -1.08. The number of methoxy groups -OCH3 is 1. The van der Waals surface area contributed by atoms with Gasteiger partial charge in [0.05, 0.1) is 18.8 Å². The Morgan fingerprint density at radius 1 is 1.60 bits per heavy atom. The number of rotatable bonds is 7. The van der Waals surface area contributed by atoms with Gasteiger partial charge in [-0.25, -0.2) is 9.48 Å². The zero-order chi connectivity index (χ0) is 14.4. The molecule has 1 atom stereocenters. The fourth-order valence-corrected chi connectivity index (χ4v) is 3.07. The summed E-state index contributed by atoms with van der Waals surface area (Å²) in [4.78, 5) is 11.8. The van der Waals surface area contributed by atoms with Crippen LogP contribution >= 0.6 is 11.8 Å². The lowest BCUT2D eigenvalue weighted by Gasteiger charge is -2.13. The Bertz CT molecular complexity index is 444. The van der Waals surface area contributed by atoms with Crippen molar-refractivity contribution in [2.24, 2.45) is 0 Å². The zero-order valence-electron chi connectivity index (χ0n) is 12.1. The molecule has 20 heavy (non-hydrogen) atoms. The minimum atomic E-state index is -0.400. The van der Waals surface area contributed by atoms with E-state index in [9.17, 15) is 4.79 Å². The molecule has 2 heterocycles. The van der Waals surface area contributed by atoms with Crippen molar-refractivity contribution in [3.05, 3.63) is 11.4 Å². The van der Waals surface area contributed by atoms with E-state index in [0.717, 1.165) is 49.6 Å². The Morgan fingerprint density at radius 3 is 3.10 bits per heavy atom. The first kappa shape index (κ1) is 15.3. The van der Waals surface area contributed by atoms with E-state index in [2.05, 4.69) is 22.6 Å². The van der Waals surface area contributed by atoms with Crippen molar-refractivity contribution in [3.8, 4) is 0 Å². The summed E-state index contributed by atoms with van der Waals surface area (Å²) in [7, 11) is 1.38. The van der Waals surface area contributed by atoms with Crippen molar-refractivity contribution in [3.63, 3.8) is 0 Å². The van der Waals surface area contributed by atoms with Gasteiger partial charge < -0.3 is 10.1 Å². The maximum Gasteiger partial charge on any atom is 0.360 e. The third-order valence-electron chi connectivity index (χ3n) is 3.41. The first-order chi connectivity index (χ1) is 9.77. The first-order valence-corrected chi connectivity index (χ1v) is 8.26. The number of esters is 1. The molecule has 0 bridgehead atoms. The average Bonchev–Trinajstić information content (AvgIpc) is 3.11. The predicted molar refractivity (Wildman–Crippen MR) is 79.0 cm³/mol. The first-order valence-electron chi connectivity index (χ1n) is 7.10. The van der Waals surface area contributed by atoms with Crippen LogP contribution in [-0.4, -0.2) is 46.1 Å². The second-order valence-corrected chi connectivity index (χ2v) is 6.13. The quantitative estimate of drug-likeness (QED) is 0.609. The summed E-state index contributed by atoms with van der Waals surface area (Å²) in [5, 5.41) is 11.6. The molecule has 2 rings (SSSR count). The topological polar surface area (TPSA) is 69.0 Å². The summed E-state index contributed by atoms with van der Waals surface area (Å²) in [6.07, 6.45) is 3.16. The minimum Gasteiger partial charge on any atom is -0.464 e. The van der Waals surface area contributed by atoms with Crippen molar-refractivity contribution in [1.29, 1.82) is 0 Å². The summed E-state index contributed by atoms with van der Waals surface area (Å²) in [6.45, 7) is 3.93. The van der Waals surface area contributed by atoms with Crippen LogP contribution in [0.2, 0.25) is 0 Å². The van der Waals surface area contributed by atoms with Crippen LogP contribution in [0.3, 0.4) is 0 Å². The van der Waals surface area contributed by atoms with Crippen LogP contribution in [0.1, 0.15) is 48.4 Å². The number of aromatic nitrogens is 3. The number of nitrogens with zero attached hydrogens (tertiary/aromatic N) is 3. The molecule has 0 radical (unpaired) electrons. The Balaban J connectivity index is 2.13. The molecule has 1 aromatic heterocycles. The van der Waals surface area contributed by atoms with E-state index in [4.69, 9.17) is 4.74 Å². The van der Waals surface area contributed by atoms with Crippen LogP contribution in [-0.2, 0) is 11.3 Å². The molecular formula is C13H22N4O2S. The molecule has 0 saturated carbocycles. The number of hydrogen-bond acceptors (Lipinski definition) is 6. The predicted octanol–water partition coefficient (Wildman–Crippen LogP) is 1.63. The van der Waals surface area contributed by atoms with Gasteiger partial charge in [0.25, 0.3) is 0 Å². The highest BCUT2D eigenvalue weighted by Crippen LogP contribution is 2.25. The Kier molecular flexibility index (Phi) is 5.85. The van der Waals surface area contributed by atoms with Crippen molar-refractivity contribution >= 4 is 17.7 Å². The number of nitrogens with one attached hydrogen (secondary N) is 1. The number of hydrogen-bond donors (Lipinski definition) is 1. The largest absolute Gasteiger partial charge is 0.464 e. The zero-order valence-corrected chi connectivity index (χ0v) is 12.9. The van der Waals surface area contributed by atoms with E-state index in [1.165, 1.54) is 7.11 Å². The van der Waals surface area contributed by atoms with Gasteiger partial charge in [-0.15, -0.1) is 5.10 Å². The summed E-state index contributed by atoms with van der Waals surface area (Å²) in [5.41, 5.74) is 1.24. The average molecular weight is 298 g/mol. The van der Waals surface area contributed by atoms with Gasteiger partial charge in [-0.2, -0.15) is 11.8 Å². The molecule has 1 unspecified atom stereocenters. The summed E-state index contributed by atoms with van der Waals surface area (Å²) in [5.74, 6) is 1.83. The molecule has 1 aromatic rings. The van der Waals surface area contributed by atoms with Crippen molar-refractivity contribution in [2.45, 2.75) is 38.8 Å². The van der Waals surface area contributed by atoms with Crippen LogP contribution in [0.5, 0.6) is 0 Å². The van der Waals surface area contributed by atoms with Crippen molar-refractivity contribution in [1.82, 2.24) is 20.3 Å². The van der Waals surface area contributed by atoms with Gasteiger partial charge in [0.1, 0.15) is 0 Å². The second kappa shape index (κ2) is 7.64. The molecule has 1 saturated heterocycles. The third kappa shape index (κ3) is 3.52. The molecular weight excluding hydrogens is 276 g/mol. The number of carbonyl (C=O) groups excluding carboxylic acids is 1. The lowest BCUT2D eigenvalue weighted by molar-refractivity contribution is 0.0591. The number of thioether (sulfide) groups is 1. The van der Waals surface area contributed by atoms with Gasteiger partial charge in [-0.3, -0.25) is 0 Å². The molecule has 0 spiro atoms. The number of ether oxygens (including phenoxy) is 1. The summed E-state index contributed by atoms with van der Waals surface area (Å²) in [6, 6.07) is 0.165. The van der Waals surface area contributed by atoms with E-state index in [0.29, 0.717) is 5.69 Å². The van der Waals surface area contributed by atoms with E-state index in [1.54, 1.807) is 0 Å². The smallest absolute Gasteiger partial charge is 0.360 e. The second-order valence-electron chi connectivity index (χ2n) is 4.74. The molecule has 1 N–H and O–H groups in total. The standard InChI is InChI=1S/C13H22N4O2S/c1-3-20-9-5-8-17-12(10-6-4-7-14-10)11(15-16-17)13(18)19-2/h10,14H,3-9H2,1-2H3. The van der Waals surface area contributed by atoms with Crippen LogP contribution in [0.4, 0.5) is 0 Å². The van der Waals surface area contributed by atoms with Crippen LogP contribution in [0, 0.1) is 0 Å². The molecule has 1 fully saturated rings. The highest BCUT2D eigenvalue weighted by atomic mass is 32.2. The molecule has 1 aliphatic heterocycles. The number of carbonyl (C=O) groups is 1. The molecule has 0 aromatic carbocycles. The monoisotopic (exact) mass is 298 g/mol. The van der Waals surface area contributed by atoms with Gasteiger partial charge in [-0.05, 0) is 37.3 Å². The number of aryl methyl sites for hydroxylation is 1. The lowest BCUT2D eigenvalue weighted by Crippen LogP contribution is -2.21. The van der Waals surface area contributed by atoms with Gasteiger partial charge in [0.15, 0.2) is 5.69 Å². The summed E-state index contributed by atoms with van der Waals surface area (Å²) >= 11 is 1.91. The Morgan fingerprint density at radius 2 is 2.45 bits per heavy atom. The summed E-state index contributed by atoms with van der Waals surface area (Å²) < 4.78 is 6.67. The Labute approximate surface area is 123 Å².